The number of aliphatic imine (C=N–C) groups is 1. The molecule has 0 amide bonds. The van der Waals surface area contributed by atoms with Gasteiger partial charge in [0, 0.05) is 24.0 Å². The van der Waals surface area contributed by atoms with Crippen molar-refractivity contribution < 1.29 is 10.0 Å². The molecular formula is C17H13N3O3. The van der Waals surface area contributed by atoms with E-state index in [0.717, 1.165) is 11.4 Å². The minimum absolute atomic E-state index is 0.00793. The first kappa shape index (κ1) is 14.5. The van der Waals surface area contributed by atoms with Crippen LogP contribution in [-0.4, -0.2) is 20.8 Å². The molecule has 1 N–H and O–H groups in total. The lowest BCUT2D eigenvalue weighted by Gasteiger charge is -2.06. The molecule has 0 aliphatic rings. The molecule has 0 saturated carbocycles. The van der Waals surface area contributed by atoms with Gasteiger partial charge in [-0.2, -0.15) is 0 Å². The molecule has 6 nitrogen and oxygen atoms in total. The fraction of sp³-hybridized carbons (Fsp3) is 0. The zero-order chi connectivity index (χ0) is 16.2. The van der Waals surface area contributed by atoms with E-state index in [-0.39, 0.29) is 11.4 Å². The molecule has 0 atom stereocenters. The Morgan fingerprint density at radius 3 is 2.61 bits per heavy atom. The van der Waals surface area contributed by atoms with Crippen molar-refractivity contribution in [1.82, 2.24) is 4.57 Å². The third-order valence-corrected chi connectivity index (χ3v) is 3.29. The number of hydrogen-bond donors (Lipinski definition) is 1. The molecule has 0 aliphatic heterocycles. The summed E-state index contributed by atoms with van der Waals surface area (Å²) in [5.74, 6) is 0.202. The highest BCUT2D eigenvalue weighted by molar-refractivity contribution is 5.81. The van der Waals surface area contributed by atoms with Crippen molar-refractivity contribution in [3.05, 3.63) is 82.7 Å². The van der Waals surface area contributed by atoms with E-state index >= 15 is 0 Å². The van der Waals surface area contributed by atoms with E-state index in [4.69, 9.17) is 0 Å². The number of phenols is 1. The second-order valence-electron chi connectivity index (χ2n) is 4.85. The number of nitro benzene ring substituents is 1. The average molecular weight is 307 g/mol. The van der Waals surface area contributed by atoms with Crippen molar-refractivity contribution in [2.75, 3.05) is 0 Å². The number of nitrogens with zero attached hydrogens (tertiary/aromatic N) is 3. The molecule has 0 bridgehead atoms. The van der Waals surface area contributed by atoms with Crippen molar-refractivity contribution in [3.63, 3.8) is 0 Å². The lowest BCUT2D eigenvalue weighted by Crippen LogP contribution is -1.97. The van der Waals surface area contributed by atoms with Gasteiger partial charge in [-0.25, -0.2) is 0 Å². The van der Waals surface area contributed by atoms with E-state index in [1.165, 1.54) is 12.1 Å². The molecule has 0 fully saturated rings. The Labute approximate surface area is 132 Å². The van der Waals surface area contributed by atoms with Gasteiger partial charge in [0.05, 0.1) is 22.5 Å². The summed E-state index contributed by atoms with van der Waals surface area (Å²) in [6.45, 7) is 0. The Balaban J connectivity index is 1.89. The van der Waals surface area contributed by atoms with Crippen molar-refractivity contribution in [3.8, 4) is 11.4 Å². The normalized spacial score (nSPS) is 11.0. The number of aromatic hydroxyl groups is 1. The van der Waals surface area contributed by atoms with Gasteiger partial charge in [-0.15, -0.1) is 0 Å². The van der Waals surface area contributed by atoms with Gasteiger partial charge in [-0.1, -0.05) is 6.07 Å². The van der Waals surface area contributed by atoms with Crippen LogP contribution in [-0.2, 0) is 0 Å². The molecule has 0 radical (unpaired) electrons. The maximum absolute atomic E-state index is 10.8. The molecule has 0 unspecified atom stereocenters. The summed E-state index contributed by atoms with van der Waals surface area (Å²) < 4.78 is 1.90. The van der Waals surface area contributed by atoms with Crippen LogP contribution in [0.3, 0.4) is 0 Å². The highest BCUT2D eigenvalue weighted by Gasteiger charge is 2.05. The summed E-state index contributed by atoms with van der Waals surface area (Å²) in [6.07, 6.45) is 3.52. The quantitative estimate of drug-likeness (QED) is 0.451. The van der Waals surface area contributed by atoms with Crippen molar-refractivity contribution in [1.29, 1.82) is 0 Å². The first-order valence-corrected chi connectivity index (χ1v) is 6.89. The Kier molecular flexibility index (Phi) is 3.88. The molecule has 23 heavy (non-hydrogen) atoms. The molecule has 0 aliphatic carbocycles. The summed E-state index contributed by atoms with van der Waals surface area (Å²) in [4.78, 5) is 14.6. The van der Waals surface area contributed by atoms with Gasteiger partial charge in [0.2, 0.25) is 0 Å². The van der Waals surface area contributed by atoms with Crippen molar-refractivity contribution >= 4 is 17.6 Å². The highest BCUT2D eigenvalue weighted by atomic mass is 16.6. The van der Waals surface area contributed by atoms with Crippen LogP contribution in [0.4, 0.5) is 11.4 Å². The SMILES string of the molecule is O=[N+]([O-])c1cccc(N=Cc2cccn2-c2ccc(O)cc2)c1. The Morgan fingerprint density at radius 1 is 1.09 bits per heavy atom. The van der Waals surface area contributed by atoms with Gasteiger partial charge < -0.3 is 9.67 Å². The first-order chi connectivity index (χ1) is 11.1. The molecule has 1 heterocycles. The van der Waals surface area contributed by atoms with Crippen LogP contribution in [0.15, 0.2) is 71.9 Å². The molecule has 1 aromatic heterocycles. The Hall–Kier alpha value is -3.41. The predicted molar refractivity (Wildman–Crippen MR) is 87.8 cm³/mol. The average Bonchev–Trinajstić information content (AvgIpc) is 3.02. The number of rotatable bonds is 4. The lowest BCUT2D eigenvalue weighted by molar-refractivity contribution is -0.384. The Morgan fingerprint density at radius 2 is 1.87 bits per heavy atom. The predicted octanol–water partition coefficient (Wildman–Crippen LogP) is 3.84. The molecule has 114 valence electrons. The maximum atomic E-state index is 10.8. The number of nitro groups is 1. The minimum Gasteiger partial charge on any atom is -0.508 e. The number of hydrogen-bond acceptors (Lipinski definition) is 4. The molecular weight excluding hydrogens is 294 g/mol. The molecule has 3 aromatic rings. The van der Waals surface area contributed by atoms with E-state index in [1.54, 1.807) is 42.6 Å². The third kappa shape index (κ3) is 3.26. The van der Waals surface area contributed by atoms with Crippen LogP contribution in [0, 0.1) is 10.1 Å². The van der Waals surface area contributed by atoms with E-state index in [0.29, 0.717) is 5.69 Å². The fourth-order valence-electron chi connectivity index (χ4n) is 2.18. The summed E-state index contributed by atoms with van der Waals surface area (Å²) in [6, 6.07) is 16.7. The van der Waals surface area contributed by atoms with Crippen LogP contribution < -0.4 is 0 Å². The van der Waals surface area contributed by atoms with Gasteiger partial charge in [-0.05, 0) is 42.5 Å². The second kappa shape index (κ2) is 6.15. The summed E-state index contributed by atoms with van der Waals surface area (Å²) in [5.41, 5.74) is 2.22. The highest BCUT2D eigenvalue weighted by Crippen LogP contribution is 2.20. The Bertz CT molecular complexity index is 867. The van der Waals surface area contributed by atoms with Gasteiger partial charge in [0.1, 0.15) is 5.75 Å². The topological polar surface area (TPSA) is 80.7 Å². The largest absolute Gasteiger partial charge is 0.508 e. The standard InChI is InChI=1S/C17H13N3O3/c21-17-8-6-14(7-9-17)19-10-2-5-16(19)12-18-13-3-1-4-15(11-13)20(22)23/h1-12,21H. The molecule has 2 aromatic carbocycles. The van der Waals surface area contributed by atoms with Gasteiger partial charge in [0.15, 0.2) is 0 Å². The maximum Gasteiger partial charge on any atom is 0.271 e. The van der Waals surface area contributed by atoms with Crippen molar-refractivity contribution in [2.45, 2.75) is 0 Å². The van der Waals surface area contributed by atoms with E-state index in [1.807, 2.05) is 22.9 Å². The van der Waals surface area contributed by atoms with Crippen LogP contribution in [0.1, 0.15) is 5.69 Å². The third-order valence-electron chi connectivity index (χ3n) is 3.29. The first-order valence-electron chi connectivity index (χ1n) is 6.89. The van der Waals surface area contributed by atoms with Gasteiger partial charge in [0.25, 0.3) is 5.69 Å². The van der Waals surface area contributed by atoms with E-state index in [2.05, 4.69) is 4.99 Å². The van der Waals surface area contributed by atoms with Crippen LogP contribution in [0.2, 0.25) is 0 Å². The minimum atomic E-state index is -0.446. The number of aromatic nitrogens is 1. The smallest absolute Gasteiger partial charge is 0.271 e. The zero-order valence-electron chi connectivity index (χ0n) is 12.0. The van der Waals surface area contributed by atoms with E-state index < -0.39 is 4.92 Å². The van der Waals surface area contributed by atoms with Crippen LogP contribution in [0.5, 0.6) is 5.75 Å². The summed E-state index contributed by atoms with van der Waals surface area (Å²) >= 11 is 0. The number of benzene rings is 2. The monoisotopic (exact) mass is 307 g/mol. The molecule has 6 heteroatoms. The van der Waals surface area contributed by atoms with Gasteiger partial charge in [-0.3, -0.25) is 15.1 Å². The van der Waals surface area contributed by atoms with Crippen LogP contribution in [0.25, 0.3) is 5.69 Å². The van der Waals surface area contributed by atoms with E-state index in [9.17, 15) is 15.2 Å². The van der Waals surface area contributed by atoms with Crippen LogP contribution >= 0.6 is 0 Å². The summed E-state index contributed by atoms with van der Waals surface area (Å²) in [5, 5.41) is 20.1. The summed E-state index contributed by atoms with van der Waals surface area (Å²) in [7, 11) is 0. The number of phenolic OH excluding ortho intramolecular Hbond substituents is 1. The number of non-ortho nitro benzene ring substituents is 1. The second-order valence-corrected chi connectivity index (χ2v) is 4.85. The zero-order valence-corrected chi connectivity index (χ0v) is 12.0. The molecule has 3 rings (SSSR count). The van der Waals surface area contributed by atoms with Crippen molar-refractivity contribution in [2.24, 2.45) is 4.99 Å². The lowest BCUT2D eigenvalue weighted by atomic mass is 10.3. The van der Waals surface area contributed by atoms with Gasteiger partial charge >= 0.3 is 0 Å². The molecule has 0 spiro atoms. The fourth-order valence-corrected chi connectivity index (χ4v) is 2.18. The molecule has 0 saturated heterocycles.